The van der Waals surface area contributed by atoms with Crippen molar-refractivity contribution in [3.8, 4) is 0 Å². The van der Waals surface area contributed by atoms with Crippen LogP contribution in [0.15, 0.2) is 58.4 Å². The van der Waals surface area contributed by atoms with Crippen molar-refractivity contribution in [2.75, 3.05) is 19.3 Å². The lowest BCUT2D eigenvalue weighted by molar-refractivity contribution is 0.566. The molecule has 146 valence electrons. The Bertz CT molecular complexity index is 880. The number of hydrogen-bond acceptors (Lipinski definition) is 3. The molecule has 0 spiro atoms. The highest BCUT2D eigenvalue weighted by molar-refractivity contribution is 7.91. The van der Waals surface area contributed by atoms with Crippen LogP contribution in [-0.4, -0.2) is 33.7 Å². The average Bonchev–Trinajstić information content (AvgIpc) is 2.67. The minimum absolute atomic E-state index is 0.00489. The van der Waals surface area contributed by atoms with Gasteiger partial charge in [-0.15, -0.1) is 0 Å². The zero-order valence-corrected chi connectivity index (χ0v) is 16.7. The number of rotatable bonds is 7. The Morgan fingerprint density at radius 1 is 1.15 bits per heavy atom. The van der Waals surface area contributed by atoms with Crippen LogP contribution in [0.4, 0.5) is 4.39 Å². The molecule has 2 N–H and O–H groups in total. The van der Waals surface area contributed by atoms with E-state index in [1.165, 1.54) is 23.8 Å². The first kappa shape index (κ1) is 20.9. The van der Waals surface area contributed by atoms with Gasteiger partial charge in [0.1, 0.15) is 10.7 Å². The first-order valence-electron chi connectivity index (χ1n) is 8.90. The number of aliphatic imine (C=N–C) groups is 1. The molecular weight excluding hydrogens is 365 g/mol. The van der Waals surface area contributed by atoms with Crippen molar-refractivity contribution in [1.29, 1.82) is 0 Å². The number of hydrogen-bond donors (Lipinski definition) is 2. The van der Waals surface area contributed by atoms with Crippen molar-refractivity contribution in [3.63, 3.8) is 0 Å². The molecular formula is C20H26FN3O2S. The Labute approximate surface area is 160 Å². The van der Waals surface area contributed by atoms with Crippen LogP contribution in [0.1, 0.15) is 31.0 Å². The third-order valence-corrected chi connectivity index (χ3v) is 6.04. The van der Waals surface area contributed by atoms with E-state index in [-0.39, 0.29) is 23.2 Å². The van der Waals surface area contributed by atoms with Gasteiger partial charge in [-0.25, -0.2) is 12.8 Å². The topological polar surface area (TPSA) is 70.6 Å². The van der Waals surface area contributed by atoms with Crippen molar-refractivity contribution in [1.82, 2.24) is 10.6 Å². The van der Waals surface area contributed by atoms with Crippen LogP contribution in [0.2, 0.25) is 0 Å². The lowest BCUT2D eigenvalue weighted by Crippen LogP contribution is -2.40. The zero-order valence-electron chi connectivity index (χ0n) is 15.9. The van der Waals surface area contributed by atoms with Crippen molar-refractivity contribution in [2.45, 2.75) is 31.2 Å². The van der Waals surface area contributed by atoms with E-state index in [0.717, 1.165) is 18.1 Å². The van der Waals surface area contributed by atoms with Gasteiger partial charge in [-0.05, 0) is 36.6 Å². The number of guanidine groups is 1. The van der Waals surface area contributed by atoms with E-state index in [0.29, 0.717) is 5.96 Å². The summed E-state index contributed by atoms with van der Waals surface area (Å²) in [6, 6.07) is 13.7. The zero-order chi connectivity index (χ0) is 19.9. The molecule has 5 nitrogen and oxygen atoms in total. The molecule has 0 aromatic heterocycles. The molecule has 0 amide bonds. The second-order valence-corrected chi connectivity index (χ2v) is 8.29. The number of nitrogens with zero attached hydrogens (tertiary/aromatic N) is 1. The maximum Gasteiger partial charge on any atom is 0.191 e. The molecule has 0 saturated carbocycles. The highest BCUT2D eigenvalue weighted by Gasteiger charge is 2.18. The van der Waals surface area contributed by atoms with Gasteiger partial charge in [-0.1, -0.05) is 43.3 Å². The van der Waals surface area contributed by atoms with E-state index in [2.05, 4.69) is 46.8 Å². The fourth-order valence-corrected chi connectivity index (χ4v) is 3.88. The number of nitrogens with one attached hydrogen (secondary N) is 2. The molecule has 2 aromatic rings. The number of sulfone groups is 1. The monoisotopic (exact) mass is 391 g/mol. The Morgan fingerprint density at radius 3 is 2.41 bits per heavy atom. The smallest absolute Gasteiger partial charge is 0.191 e. The molecule has 2 aromatic carbocycles. The van der Waals surface area contributed by atoms with E-state index in [1.54, 1.807) is 7.05 Å². The van der Waals surface area contributed by atoms with Gasteiger partial charge in [0.15, 0.2) is 15.8 Å². The van der Waals surface area contributed by atoms with Crippen molar-refractivity contribution >= 4 is 15.8 Å². The maximum absolute atomic E-state index is 13.7. The summed E-state index contributed by atoms with van der Waals surface area (Å²) < 4.78 is 38.3. The predicted molar refractivity (Wildman–Crippen MR) is 107 cm³/mol. The molecule has 0 aliphatic rings. The number of aryl methyl sites for hydroxylation is 1. The minimum atomic E-state index is -3.70. The molecule has 0 fully saturated rings. The SMILES string of the molecule is CCc1ccc(C(C)NC(=NC)NCCS(=O)(=O)c2ccccc2F)cc1. The lowest BCUT2D eigenvalue weighted by Gasteiger charge is -2.18. The summed E-state index contributed by atoms with van der Waals surface area (Å²) in [4.78, 5) is 3.84. The van der Waals surface area contributed by atoms with E-state index >= 15 is 0 Å². The third kappa shape index (κ3) is 5.79. The largest absolute Gasteiger partial charge is 0.355 e. The van der Waals surface area contributed by atoms with Crippen LogP contribution in [0.5, 0.6) is 0 Å². The van der Waals surface area contributed by atoms with E-state index in [9.17, 15) is 12.8 Å². The van der Waals surface area contributed by atoms with Crippen LogP contribution in [0.25, 0.3) is 0 Å². The second kappa shape index (κ2) is 9.50. The van der Waals surface area contributed by atoms with Crippen LogP contribution >= 0.6 is 0 Å². The fraction of sp³-hybridized carbons (Fsp3) is 0.350. The summed E-state index contributed by atoms with van der Waals surface area (Å²) in [5.74, 6) is -0.469. The molecule has 2 rings (SSSR count). The second-order valence-electron chi connectivity index (χ2n) is 6.21. The Kier molecular flexibility index (Phi) is 7.36. The van der Waals surface area contributed by atoms with Crippen molar-refractivity contribution in [2.24, 2.45) is 4.99 Å². The first-order valence-corrected chi connectivity index (χ1v) is 10.6. The van der Waals surface area contributed by atoms with E-state index in [4.69, 9.17) is 0 Å². The molecule has 0 saturated heterocycles. The molecule has 1 unspecified atom stereocenters. The first-order chi connectivity index (χ1) is 12.9. The summed E-state index contributed by atoms with van der Waals surface area (Å²) in [5, 5.41) is 6.20. The summed E-state index contributed by atoms with van der Waals surface area (Å²) >= 11 is 0. The number of benzene rings is 2. The summed E-state index contributed by atoms with van der Waals surface area (Å²) in [6.45, 7) is 4.24. The fourth-order valence-electron chi connectivity index (χ4n) is 2.64. The van der Waals surface area contributed by atoms with Gasteiger partial charge in [0.2, 0.25) is 0 Å². The van der Waals surface area contributed by atoms with Gasteiger partial charge in [-0.2, -0.15) is 0 Å². The van der Waals surface area contributed by atoms with Crippen LogP contribution in [0, 0.1) is 5.82 Å². The lowest BCUT2D eigenvalue weighted by atomic mass is 10.1. The van der Waals surface area contributed by atoms with Gasteiger partial charge in [-0.3, -0.25) is 4.99 Å². The van der Waals surface area contributed by atoms with E-state index in [1.807, 2.05) is 6.92 Å². The van der Waals surface area contributed by atoms with Gasteiger partial charge < -0.3 is 10.6 Å². The minimum Gasteiger partial charge on any atom is -0.355 e. The molecule has 0 heterocycles. The van der Waals surface area contributed by atoms with Gasteiger partial charge in [0.25, 0.3) is 0 Å². The summed E-state index contributed by atoms with van der Waals surface area (Å²) in [6.07, 6.45) is 0.988. The summed E-state index contributed by atoms with van der Waals surface area (Å²) in [7, 11) is -2.08. The Balaban J connectivity index is 1.92. The number of halogens is 1. The third-order valence-electron chi connectivity index (χ3n) is 4.30. The van der Waals surface area contributed by atoms with E-state index < -0.39 is 15.7 Å². The van der Waals surface area contributed by atoms with Gasteiger partial charge >= 0.3 is 0 Å². The quantitative estimate of drug-likeness (QED) is 0.562. The van der Waals surface area contributed by atoms with Crippen molar-refractivity contribution in [3.05, 3.63) is 65.5 Å². The molecule has 27 heavy (non-hydrogen) atoms. The molecule has 0 bridgehead atoms. The molecule has 0 aliphatic heterocycles. The molecule has 0 aliphatic carbocycles. The summed E-state index contributed by atoms with van der Waals surface area (Å²) in [5.41, 5.74) is 2.38. The van der Waals surface area contributed by atoms with Gasteiger partial charge in [0.05, 0.1) is 11.8 Å². The predicted octanol–water partition coefficient (Wildman–Crippen LogP) is 3.09. The molecule has 1 atom stereocenters. The standard InChI is InChI=1S/C20H26FN3O2S/c1-4-16-9-11-17(12-10-16)15(2)24-20(22-3)23-13-14-27(25,26)19-8-6-5-7-18(19)21/h5-12,15H,4,13-14H2,1-3H3,(H2,22,23,24). The Morgan fingerprint density at radius 2 is 1.81 bits per heavy atom. The normalized spacial score (nSPS) is 13.3. The van der Waals surface area contributed by atoms with Crippen LogP contribution < -0.4 is 10.6 Å². The highest BCUT2D eigenvalue weighted by Crippen LogP contribution is 2.15. The average molecular weight is 392 g/mol. The molecule has 7 heteroatoms. The van der Waals surface area contributed by atoms with Crippen LogP contribution in [0.3, 0.4) is 0 Å². The molecule has 0 radical (unpaired) electrons. The van der Waals surface area contributed by atoms with Gasteiger partial charge in [0, 0.05) is 13.6 Å². The maximum atomic E-state index is 13.7. The Hall–Kier alpha value is -2.41. The van der Waals surface area contributed by atoms with Crippen molar-refractivity contribution < 1.29 is 12.8 Å². The highest BCUT2D eigenvalue weighted by atomic mass is 32.2. The van der Waals surface area contributed by atoms with Crippen LogP contribution in [-0.2, 0) is 16.3 Å².